The summed E-state index contributed by atoms with van der Waals surface area (Å²) in [6.07, 6.45) is 0. The van der Waals surface area contributed by atoms with E-state index in [4.69, 9.17) is 0 Å². The molecule has 0 N–H and O–H groups in total. The quantitative estimate of drug-likeness (QED) is 0.401. The molecule has 0 aliphatic heterocycles. The first-order valence-electron chi connectivity index (χ1n) is 6.07. The van der Waals surface area contributed by atoms with Crippen molar-refractivity contribution >= 4 is 42.8 Å². The second-order valence-electron chi connectivity index (χ2n) is 4.56. The number of fused-ring (bicyclic) bond motifs is 2. The molecule has 98 valence electrons. The third kappa shape index (κ3) is 1.69. The molecule has 0 saturated heterocycles. The van der Waals surface area contributed by atoms with E-state index in [1.54, 1.807) is 12.1 Å². The first-order chi connectivity index (χ1) is 9.74. The van der Waals surface area contributed by atoms with Gasteiger partial charge >= 0.3 is 0 Å². The monoisotopic (exact) mass is 302 g/mol. The second-order valence-corrected chi connectivity index (χ2v) is 6.38. The first kappa shape index (κ1) is 12.0. The molecule has 0 amide bonds. The molecule has 4 heteroatoms. The van der Waals surface area contributed by atoms with Crippen LogP contribution in [0.5, 0.6) is 0 Å². The molecule has 0 spiro atoms. The molecular formula is C16H8F2S2. The van der Waals surface area contributed by atoms with Crippen molar-refractivity contribution < 1.29 is 8.78 Å². The summed E-state index contributed by atoms with van der Waals surface area (Å²) in [6.45, 7) is 0. The van der Waals surface area contributed by atoms with Gasteiger partial charge in [-0.1, -0.05) is 12.1 Å². The molecule has 0 aliphatic rings. The smallest absolute Gasteiger partial charge is 0.141 e. The predicted octanol–water partition coefficient (Wildman–Crippen LogP) is 6.06. The standard InChI is InChI=1S/C16H8F2S2/c17-13-3-1-2-10-12(8-20-16(10)13)9-6-14(18)11-4-5-19-15(11)7-9/h1-8H. The van der Waals surface area contributed by atoms with Crippen LogP contribution in [0.2, 0.25) is 0 Å². The predicted molar refractivity (Wildman–Crippen MR) is 82.6 cm³/mol. The van der Waals surface area contributed by atoms with Crippen LogP contribution in [-0.4, -0.2) is 0 Å². The summed E-state index contributed by atoms with van der Waals surface area (Å²) in [5.74, 6) is -0.453. The maximum absolute atomic E-state index is 14.1. The van der Waals surface area contributed by atoms with Gasteiger partial charge in [0.1, 0.15) is 11.6 Å². The highest BCUT2D eigenvalue weighted by Crippen LogP contribution is 2.37. The SMILES string of the molecule is Fc1cc(-c2csc3c(F)cccc23)cc2sccc12. The number of hydrogen-bond donors (Lipinski definition) is 0. The molecule has 0 nitrogen and oxygen atoms in total. The molecule has 4 aromatic rings. The van der Waals surface area contributed by atoms with Gasteiger partial charge in [0.25, 0.3) is 0 Å². The number of halogens is 2. The molecule has 0 atom stereocenters. The third-order valence-corrected chi connectivity index (χ3v) is 5.25. The summed E-state index contributed by atoms with van der Waals surface area (Å²) in [6, 6.07) is 10.3. The summed E-state index contributed by atoms with van der Waals surface area (Å²) < 4.78 is 29.4. The minimum Gasteiger partial charge on any atom is -0.206 e. The molecule has 20 heavy (non-hydrogen) atoms. The van der Waals surface area contributed by atoms with E-state index in [1.165, 1.54) is 34.8 Å². The van der Waals surface area contributed by atoms with Crippen molar-refractivity contribution in [1.29, 1.82) is 0 Å². The van der Waals surface area contributed by atoms with E-state index in [2.05, 4.69) is 0 Å². The first-order valence-corrected chi connectivity index (χ1v) is 7.83. The van der Waals surface area contributed by atoms with E-state index in [9.17, 15) is 8.78 Å². The third-order valence-electron chi connectivity index (χ3n) is 3.38. The lowest BCUT2D eigenvalue weighted by molar-refractivity contribution is 0.640. The van der Waals surface area contributed by atoms with Crippen molar-refractivity contribution in [2.75, 3.05) is 0 Å². The van der Waals surface area contributed by atoms with Crippen LogP contribution in [0, 0.1) is 11.6 Å². The van der Waals surface area contributed by atoms with Gasteiger partial charge in [0.2, 0.25) is 0 Å². The van der Waals surface area contributed by atoms with Gasteiger partial charge in [-0.3, -0.25) is 0 Å². The topological polar surface area (TPSA) is 0 Å². The number of hydrogen-bond acceptors (Lipinski definition) is 2. The molecule has 0 radical (unpaired) electrons. The van der Waals surface area contributed by atoms with E-state index in [0.29, 0.717) is 10.1 Å². The Kier molecular flexibility index (Phi) is 2.62. The minimum atomic E-state index is -0.227. The molecule has 0 unspecified atom stereocenters. The average Bonchev–Trinajstić information content (AvgIpc) is 3.05. The lowest BCUT2D eigenvalue weighted by atomic mass is 10.0. The normalized spacial score (nSPS) is 11.5. The maximum Gasteiger partial charge on any atom is 0.141 e. The Morgan fingerprint density at radius 2 is 1.75 bits per heavy atom. The van der Waals surface area contributed by atoms with E-state index in [1.807, 2.05) is 22.9 Å². The second kappa shape index (κ2) is 4.36. The maximum atomic E-state index is 14.1. The highest BCUT2D eigenvalue weighted by molar-refractivity contribution is 7.18. The van der Waals surface area contributed by atoms with Crippen LogP contribution in [0.1, 0.15) is 0 Å². The van der Waals surface area contributed by atoms with Crippen LogP contribution in [0.4, 0.5) is 8.78 Å². The van der Waals surface area contributed by atoms with Gasteiger partial charge in [-0.05, 0) is 40.6 Å². The molecule has 0 aliphatic carbocycles. The minimum absolute atomic E-state index is 0.226. The Morgan fingerprint density at radius 3 is 2.65 bits per heavy atom. The van der Waals surface area contributed by atoms with Gasteiger partial charge in [0, 0.05) is 21.0 Å². The lowest BCUT2D eigenvalue weighted by Crippen LogP contribution is -1.81. The molecule has 0 saturated carbocycles. The lowest BCUT2D eigenvalue weighted by Gasteiger charge is -2.02. The van der Waals surface area contributed by atoms with E-state index >= 15 is 0 Å². The van der Waals surface area contributed by atoms with Crippen LogP contribution >= 0.6 is 22.7 Å². The van der Waals surface area contributed by atoms with Crippen LogP contribution in [0.15, 0.2) is 47.2 Å². The molecule has 2 heterocycles. The van der Waals surface area contributed by atoms with Gasteiger partial charge in [-0.2, -0.15) is 0 Å². The van der Waals surface area contributed by atoms with Gasteiger partial charge in [-0.25, -0.2) is 8.78 Å². The molecule has 4 rings (SSSR count). The van der Waals surface area contributed by atoms with Gasteiger partial charge < -0.3 is 0 Å². The number of benzene rings is 2. The van der Waals surface area contributed by atoms with Crippen molar-refractivity contribution in [1.82, 2.24) is 0 Å². The van der Waals surface area contributed by atoms with Crippen LogP contribution in [0.25, 0.3) is 31.3 Å². The number of rotatable bonds is 1. The summed E-state index contributed by atoms with van der Waals surface area (Å²) in [4.78, 5) is 0. The zero-order valence-electron chi connectivity index (χ0n) is 10.2. The average molecular weight is 302 g/mol. The fourth-order valence-electron chi connectivity index (χ4n) is 2.43. The Bertz CT molecular complexity index is 934. The number of thiophene rings is 2. The zero-order valence-corrected chi connectivity index (χ0v) is 11.8. The Labute approximate surface area is 121 Å². The highest BCUT2D eigenvalue weighted by Gasteiger charge is 2.12. The van der Waals surface area contributed by atoms with Crippen molar-refractivity contribution in [2.45, 2.75) is 0 Å². The van der Waals surface area contributed by atoms with Gasteiger partial charge in [0.15, 0.2) is 0 Å². The molecule has 2 aromatic carbocycles. The van der Waals surface area contributed by atoms with Gasteiger partial charge in [-0.15, -0.1) is 22.7 Å². The fourth-order valence-corrected chi connectivity index (χ4v) is 4.25. The van der Waals surface area contributed by atoms with Crippen LogP contribution < -0.4 is 0 Å². The molecule has 0 bridgehead atoms. The van der Waals surface area contributed by atoms with Crippen LogP contribution in [-0.2, 0) is 0 Å². The van der Waals surface area contributed by atoms with Gasteiger partial charge in [0.05, 0.1) is 4.70 Å². The fraction of sp³-hybridized carbons (Fsp3) is 0. The molecular weight excluding hydrogens is 294 g/mol. The van der Waals surface area contributed by atoms with Crippen molar-refractivity contribution in [2.24, 2.45) is 0 Å². The van der Waals surface area contributed by atoms with Crippen molar-refractivity contribution in [3.8, 4) is 11.1 Å². The van der Waals surface area contributed by atoms with E-state index in [-0.39, 0.29) is 11.6 Å². The Hall–Kier alpha value is -1.78. The Morgan fingerprint density at radius 1 is 0.850 bits per heavy atom. The largest absolute Gasteiger partial charge is 0.206 e. The van der Waals surface area contributed by atoms with E-state index < -0.39 is 0 Å². The molecule has 2 aromatic heterocycles. The highest BCUT2D eigenvalue weighted by atomic mass is 32.1. The zero-order chi connectivity index (χ0) is 13.7. The Balaban J connectivity index is 2.03. The summed E-state index contributed by atoms with van der Waals surface area (Å²) >= 11 is 2.87. The van der Waals surface area contributed by atoms with Crippen molar-refractivity contribution in [3.05, 3.63) is 58.8 Å². The summed E-state index contributed by atoms with van der Waals surface area (Å²) in [5, 5.41) is 5.25. The summed E-state index contributed by atoms with van der Waals surface area (Å²) in [7, 11) is 0. The van der Waals surface area contributed by atoms with Crippen LogP contribution in [0.3, 0.4) is 0 Å². The summed E-state index contributed by atoms with van der Waals surface area (Å²) in [5.41, 5.74) is 1.69. The van der Waals surface area contributed by atoms with Crippen molar-refractivity contribution in [3.63, 3.8) is 0 Å². The molecule has 0 fully saturated rings. The van der Waals surface area contributed by atoms with E-state index in [0.717, 1.165) is 21.2 Å².